The van der Waals surface area contributed by atoms with Crippen molar-refractivity contribution in [1.29, 1.82) is 0 Å². The molecule has 2 aromatic heterocycles. The largest absolute Gasteiger partial charge is 0.399 e. The first-order chi connectivity index (χ1) is 8.81. The van der Waals surface area contributed by atoms with E-state index < -0.39 is 0 Å². The lowest BCUT2D eigenvalue weighted by Crippen LogP contribution is -1.97. The van der Waals surface area contributed by atoms with Crippen LogP contribution in [0.2, 0.25) is 0 Å². The average molecular weight is 256 g/mol. The normalized spacial score (nSPS) is 10.7. The molecule has 3 aromatic rings. The van der Waals surface area contributed by atoms with Gasteiger partial charge in [0.1, 0.15) is 0 Å². The molecule has 18 heavy (non-hydrogen) atoms. The summed E-state index contributed by atoms with van der Waals surface area (Å²) in [6, 6.07) is 7.80. The quantitative estimate of drug-likeness (QED) is 0.733. The number of nitrogen functional groups attached to an aromatic ring is 1. The van der Waals surface area contributed by atoms with Gasteiger partial charge in [-0.25, -0.2) is 0 Å². The number of hydrogen-bond donors (Lipinski definition) is 1. The van der Waals surface area contributed by atoms with Gasteiger partial charge in [-0.15, -0.1) is 11.3 Å². The van der Waals surface area contributed by atoms with Crippen LogP contribution in [0.4, 0.5) is 5.69 Å². The Morgan fingerprint density at radius 1 is 1.11 bits per heavy atom. The van der Waals surface area contributed by atoms with Crippen LogP contribution >= 0.6 is 11.3 Å². The third kappa shape index (κ3) is 2.26. The van der Waals surface area contributed by atoms with E-state index in [0.29, 0.717) is 0 Å². The maximum Gasteiger partial charge on any atom is 0.0794 e. The predicted molar refractivity (Wildman–Crippen MR) is 73.3 cm³/mol. The highest BCUT2D eigenvalue weighted by Gasteiger charge is 2.03. The number of rotatable bonds is 3. The van der Waals surface area contributed by atoms with E-state index in [0.717, 1.165) is 23.4 Å². The van der Waals surface area contributed by atoms with E-state index in [1.807, 2.05) is 53.0 Å². The SMILES string of the molecule is Nc1ccc(-c2cnn(Cc3cncs3)c2)cc1. The molecule has 0 aliphatic carbocycles. The molecule has 0 fully saturated rings. The minimum absolute atomic E-state index is 0.764. The van der Waals surface area contributed by atoms with Crippen LogP contribution in [0.5, 0.6) is 0 Å². The number of thiazole rings is 1. The van der Waals surface area contributed by atoms with Gasteiger partial charge in [-0.05, 0) is 17.7 Å². The Morgan fingerprint density at radius 2 is 1.94 bits per heavy atom. The molecule has 0 radical (unpaired) electrons. The van der Waals surface area contributed by atoms with E-state index >= 15 is 0 Å². The first kappa shape index (κ1) is 11.0. The lowest BCUT2D eigenvalue weighted by Gasteiger charge is -1.98. The second-order valence-corrected chi connectivity index (χ2v) is 4.99. The van der Waals surface area contributed by atoms with Crippen molar-refractivity contribution >= 4 is 17.0 Å². The van der Waals surface area contributed by atoms with Crippen molar-refractivity contribution in [2.75, 3.05) is 5.73 Å². The highest BCUT2D eigenvalue weighted by molar-refractivity contribution is 7.09. The molecule has 0 amide bonds. The molecule has 5 heteroatoms. The summed E-state index contributed by atoms with van der Waals surface area (Å²) in [6.45, 7) is 0.764. The molecule has 90 valence electrons. The Balaban J connectivity index is 1.83. The zero-order valence-electron chi connectivity index (χ0n) is 9.65. The van der Waals surface area contributed by atoms with E-state index in [1.165, 1.54) is 4.88 Å². The molecule has 0 aliphatic rings. The number of aromatic nitrogens is 3. The van der Waals surface area contributed by atoms with Gasteiger partial charge in [0.25, 0.3) is 0 Å². The molecule has 2 N–H and O–H groups in total. The minimum atomic E-state index is 0.764. The van der Waals surface area contributed by atoms with Crippen LogP contribution in [-0.4, -0.2) is 14.8 Å². The minimum Gasteiger partial charge on any atom is -0.399 e. The van der Waals surface area contributed by atoms with Crippen molar-refractivity contribution in [2.45, 2.75) is 6.54 Å². The van der Waals surface area contributed by atoms with E-state index in [1.54, 1.807) is 11.3 Å². The summed E-state index contributed by atoms with van der Waals surface area (Å²) in [4.78, 5) is 5.25. The average Bonchev–Trinajstić information content (AvgIpc) is 3.02. The fraction of sp³-hybridized carbons (Fsp3) is 0.0769. The second kappa shape index (κ2) is 4.62. The zero-order chi connectivity index (χ0) is 12.4. The molecule has 0 bridgehead atoms. The van der Waals surface area contributed by atoms with Gasteiger partial charge in [-0.2, -0.15) is 5.10 Å². The number of nitrogens with zero attached hydrogens (tertiary/aromatic N) is 3. The summed E-state index contributed by atoms with van der Waals surface area (Å²) in [5.41, 5.74) is 10.5. The summed E-state index contributed by atoms with van der Waals surface area (Å²) in [5.74, 6) is 0. The summed E-state index contributed by atoms with van der Waals surface area (Å²) >= 11 is 1.64. The third-order valence-corrected chi connectivity index (χ3v) is 3.44. The summed E-state index contributed by atoms with van der Waals surface area (Å²) in [6.07, 6.45) is 5.77. The molecule has 0 unspecified atom stereocenters. The lowest BCUT2D eigenvalue weighted by atomic mass is 10.1. The number of nitrogens with two attached hydrogens (primary N) is 1. The lowest BCUT2D eigenvalue weighted by molar-refractivity contribution is 0.694. The van der Waals surface area contributed by atoms with Crippen LogP contribution in [0.1, 0.15) is 4.88 Å². The standard InChI is InChI=1S/C13H12N4S/c14-12-3-1-10(2-4-12)11-5-16-17(7-11)8-13-6-15-9-18-13/h1-7,9H,8,14H2. The molecule has 1 aromatic carbocycles. The molecule has 3 rings (SSSR count). The fourth-order valence-corrected chi connectivity index (χ4v) is 2.34. The summed E-state index contributed by atoms with van der Waals surface area (Å²) in [7, 11) is 0. The van der Waals surface area contributed by atoms with Gasteiger partial charge in [0.15, 0.2) is 0 Å². The number of hydrogen-bond acceptors (Lipinski definition) is 4. The van der Waals surface area contributed by atoms with E-state index in [9.17, 15) is 0 Å². The second-order valence-electron chi connectivity index (χ2n) is 4.02. The maximum atomic E-state index is 5.67. The zero-order valence-corrected chi connectivity index (χ0v) is 10.5. The highest BCUT2D eigenvalue weighted by Crippen LogP contribution is 2.20. The first-order valence-corrected chi connectivity index (χ1v) is 6.45. The van der Waals surface area contributed by atoms with Gasteiger partial charge < -0.3 is 5.73 Å². The summed E-state index contributed by atoms with van der Waals surface area (Å²) in [5, 5.41) is 4.35. The summed E-state index contributed by atoms with van der Waals surface area (Å²) < 4.78 is 1.92. The van der Waals surface area contributed by atoms with Crippen LogP contribution in [0.3, 0.4) is 0 Å². The molecule has 0 saturated carbocycles. The molecule has 0 spiro atoms. The van der Waals surface area contributed by atoms with Gasteiger partial charge in [0.05, 0.1) is 18.3 Å². The number of benzene rings is 1. The number of anilines is 1. The monoisotopic (exact) mass is 256 g/mol. The Labute approximate surface area is 109 Å². The van der Waals surface area contributed by atoms with Crippen LogP contribution in [-0.2, 0) is 6.54 Å². The van der Waals surface area contributed by atoms with Crippen LogP contribution in [0, 0.1) is 0 Å². The molecular formula is C13H12N4S. The Hall–Kier alpha value is -2.14. The van der Waals surface area contributed by atoms with Crippen molar-refractivity contribution in [3.8, 4) is 11.1 Å². The van der Waals surface area contributed by atoms with Crippen molar-refractivity contribution in [3.05, 3.63) is 53.2 Å². The van der Waals surface area contributed by atoms with Crippen molar-refractivity contribution < 1.29 is 0 Å². The van der Waals surface area contributed by atoms with Crippen LogP contribution in [0.25, 0.3) is 11.1 Å². The Bertz CT molecular complexity index is 625. The van der Waals surface area contributed by atoms with Gasteiger partial charge in [0.2, 0.25) is 0 Å². The van der Waals surface area contributed by atoms with Gasteiger partial charge in [-0.1, -0.05) is 12.1 Å². The van der Waals surface area contributed by atoms with E-state index in [4.69, 9.17) is 5.73 Å². The third-order valence-electron chi connectivity index (χ3n) is 2.68. The van der Waals surface area contributed by atoms with Crippen LogP contribution in [0.15, 0.2) is 48.4 Å². The molecule has 4 nitrogen and oxygen atoms in total. The van der Waals surface area contributed by atoms with E-state index in [-0.39, 0.29) is 0 Å². The Morgan fingerprint density at radius 3 is 2.67 bits per heavy atom. The maximum absolute atomic E-state index is 5.67. The molecular weight excluding hydrogens is 244 g/mol. The van der Waals surface area contributed by atoms with Crippen molar-refractivity contribution in [2.24, 2.45) is 0 Å². The smallest absolute Gasteiger partial charge is 0.0794 e. The highest BCUT2D eigenvalue weighted by atomic mass is 32.1. The van der Waals surface area contributed by atoms with Crippen LogP contribution < -0.4 is 5.73 Å². The van der Waals surface area contributed by atoms with Crippen molar-refractivity contribution in [1.82, 2.24) is 14.8 Å². The van der Waals surface area contributed by atoms with Crippen molar-refractivity contribution in [3.63, 3.8) is 0 Å². The van der Waals surface area contributed by atoms with E-state index in [2.05, 4.69) is 10.1 Å². The predicted octanol–water partition coefficient (Wildman–Crippen LogP) is 2.64. The Kier molecular flexibility index (Phi) is 2.82. The van der Waals surface area contributed by atoms with Gasteiger partial charge in [-0.3, -0.25) is 9.67 Å². The molecule has 0 saturated heterocycles. The first-order valence-electron chi connectivity index (χ1n) is 5.57. The molecule has 2 heterocycles. The van der Waals surface area contributed by atoms with Gasteiger partial charge >= 0.3 is 0 Å². The fourth-order valence-electron chi connectivity index (χ4n) is 1.75. The molecule has 0 atom stereocenters. The molecule has 0 aliphatic heterocycles. The topological polar surface area (TPSA) is 56.7 Å². The van der Waals surface area contributed by atoms with Gasteiger partial charge in [0, 0.05) is 28.5 Å².